The van der Waals surface area contributed by atoms with Crippen LogP contribution in [0, 0.1) is 13.8 Å². The Kier molecular flexibility index (Phi) is 8.21. The highest BCUT2D eigenvalue weighted by molar-refractivity contribution is 6.08. The van der Waals surface area contributed by atoms with Crippen molar-refractivity contribution in [1.82, 2.24) is 9.97 Å². The summed E-state index contributed by atoms with van der Waals surface area (Å²) in [5, 5.41) is 0. The van der Waals surface area contributed by atoms with E-state index < -0.39 is 0 Å². The van der Waals surface area contributed by atoms with E-state index in [1.165, 1.54) is 22.3 Å². The molecule has 0 fully saturated rings. The zero-order valence-corrected chi connectivity index (χ0v) is 24.6. The Balaban J connectivity index is 1.62. The largest absolute Gasteiger partial charge is 0.355 e. The summed E-state index contributed by atoms with van der Waals surface area (Å²) in [7, 11) is 0. The first kappa shape index (κ1) is 28.1. The molecule has 0 aliphatic rings. The van der Waals surface area contributed by atoms with Crippen molar-refractivity contribution in [2.45, 2.75) is 59.8 Å². The molecule has 0 bridgehead atoms. The van der Waals surface area contributed by atoms with E-state index in [9.17, 15) is 9.59 Å². The molecule has 5 aromatic rings. The van der Waals surface area contributed by atoms with Gasteiger partial charge in [-0.3, -0.25) is 9.59 Å². The summed E-state index contributed by atoms with van der Waals surface area (Å²) in [6.45, 7) is 10.6. The lowest BCUT2D eigenvalue weighted by Gasteiger charge is -2.23. The fourth-order valence-corrected chi connectivity index (χ4v) is 5.64. The number of H-pyrrole nitrogens is 2. The highest BCUT2D eigenvalue weighted by Crippen LogP contribution is 2.37. The molecule has 4 nitrogen and oxygen atoms in total. The minimum Gasteiger partial charge on any atom is -0.355 e. The molecular weight excluding hydrogens is 504 g/mol. The van der Waals surface area contributed by atoms with Crippen molar-refractivity contribution in [3.8, 4) is 0 Å². The second-order valence-corrected chi connectivity index (χ2v) is 10.9. The predicted molar refractivity (Wildman–Crippen MR) is 166 cm³/mol. The van der Waals surface area contributed by atoms with Crippen LogP contribution in [0.4, 0.5) is 0 Å². The molecule has 2 aromatic heterocycles. The molecular formula is C37H38N2O2. The maximum atomic E-state index is 13.4. The molecule has 0 aliphatic heterocycles. The summed E-state index contributed by atoms with van der Waals surface area (Å²) >= 11 is 0. The molecule has 41 heavy (non-hydrogen) atoms. The van der Waals surface area contributed by atoms with Crippen LogP contribution in [0.2, 0.25) is 0 Å². The second-order valence-electron chi connectivity index (χ2n) is 10.9. The molecule has 0 saturated carbocycles. The number of benzene rings is 3. The summed E-state index contributed by atoms with van der Waals surface area (Å²) in [5.74, 6) is -0.265. The highest BCUT2D eigenvalue weighted by Gasteiger charge is 2.27. The lowest BCUT2D eigenvalue weighted by molar-refractivity contribution is 0.102. The number of carbonyl (C=O) groups is 2. The van der Waals surface area contributed by atoms with Gasteiger partial charge in [-0.05, 0) is 79.6 Å². The van der Waals surface area contributed by atoms with Gasteiger partial charge in [-0.2, -0.15) is 0 Å². The van der Waals surface area contributed by atoms with Crippen LogP contribution in [0.3, 0.4) is 0 Å². The topological polar surface area (TPSA) is 65.7 Å². The molecule has 2 N–H and O–H groups in total. The van der Waals surface area contributed by atoms with Gasteiger partial charge in [0.2, 0.25) is 11.6 Å². The van der Waals surface area contributed by atoms with E-state index in [0.717, 1.165) is 41.8 Å². The van der Waals surface area contributed by atoms with Crippen molar-refractivity contribution >= 4 is 11.6 Å². The number of aromatic nitrogens is 2. The first-order valence-electron chi connectivity index (χ1n) is 14.6. The molecule has 3 aromatic carbocycles. The van der Waals surface area contributed by atoms with Crippen LogP contribution in [0.25, 0.3) is 0 Å². The molecule has 4 heteroatoms. The van der Waals surface area contributed by atoms with E-state index in [-0.39, 0.29) is 17.5 Å². The highest BCUT2D eigenvalue weighted by atomic mass is 16.1. The number of ketones is 2. The first-order chi connectivity index (χ1) is 19.8. The van der Waals surface area contributed by atoms with E-state index in [1.54, 1.807) is 0 Å². The Bertz CT molecular complexity index is 1560. The minimum absolute atomic E-state index is 0.0375. The van der Waals surface area contributed by atoms with Crippen molar-refractivity contribution in [2.75, 3.05) is 0 Å². The van der Waals surface area contributed by atoms with E-state index in [0.29, 0.717) is 22.5 Å². The van der Waals surface area contributed by atoms with Gasteiger partial charge in [0.1, 0.15) is 0 Å². The molecule has 208 valence electrons. The maximum absolute atomic E-state index is 13.4. The van der Waals surface area contributed by atoms with E-state index in [1.807, 2.05) is 86.6 Å². The third-order valence-corrected chi connectivity index (χ3v) is 8.03. The number of carbonyl (C=O) groups excluding carboxylic acids is 2. The van der Waals surface area contributed by atoms with Crippen molar-refractivity contribution < 1.29 is 9.59 Å². The molecule has 0 unspecified atom stereocenters. The van der Waals surface area contributed by atoms with Gasteiger partial charge in [0.25, 0.3) is 0 Å². The smallest absolute Gasteiger partial charge is 0.209 e. The van der Waals surface area contributed by atoms with Crippen molar-refractivity contribution in [2.24, 2.45) is 0 Å². The summed E-state index contributed by atoms with van der Waals surface area (Å²) in [5.41, 5.74) is 11.6. The molecule has 5 rings (SSSR count). The number of hydrogen-bond acceptors (Lipinski definition) is 2. The SMILES string of the molecule is CCc1cc(CC)c(C(c2ccc(C(=O)c3ccc(C)cc3)[nH]2)c2ccc(C(=O)c3ccc(C)cc3)[nH]2)c(CC)c1. The standard InChI is InChI=1S/C37H38N2O2/c1-6-25-21-26(7-2)34(27(8-3)22-25)35(30-17-19-32(38-30)36(40)28-13-9-23(4)10-14-28)31-18-20-33(39-31)37(41)29-15-11-24(5)12-16-29/h9-22,35,38-39H,6-8H2,1-5H3. The van der Waals surface area contributed by atoms with Gasteiger partial charge in [-0.15, -0.1) is 0 Å². The van der Waals surface area contributed by atoms with E-state index >= 15 is 0 Å². The van der Waals surface area contributed by atoms with Gasteiger partial charge in [-0.1, -0.05) is 92.6 Å². The number of aromatic amines is 2. The quantitative estimate of drug-likeness (QED) is 0.174. The van der Waals surface area contributed by atoms with Gasteiger partial charge in [0, 0.05) is 22.5 Å². The van der Waals surface area contributed by atoms with Crippen molar-refractivity contribution in [1.29, 1.82) is 0 Å². The average molecular weight is 543 g/mol. The number of rotatable bonds is 10. The average Bonchev–Trinajstić information content (AvgIpc) is 3.68. The van der Waals surface area contributed by atoms with Crippen LogP contribution < -0.4 is 0 Å². The Morgan fingerprint density at radius 3 is 1.37 bits per heavy atom. The second kappa shape index (κ2) is 12.0. The lowest BCUT2D eigenvalue weighted by atomic mass is 9.82. The monoisotopic (exact) mass is 542 g/mol. The summed E-state index contributed by atoms with van der Waals surface area (Å²) < 4.78 is 0. The Hall–Kier alpha value is -4.44. The minimum atomic E-state index is -0.190. The molecule has 0 atom stereocenters. The van der Waals surface area contributed by atoms with E-state index in [2.05, 4.69) is 42.9 Å². The molecule has 2 heterocycles. The van der Waals surface area contributed by atoms with Gasteiger partial charge in [-0.25, -0.2) is 0 Å². The zero-order chi connectivity index (χ0) is 29.1. The summed E-state index contributed by atoms with van der Waals surface area (Å²) in [6, 6.07) is 27.7. The van der Waals surface area contributed by atoms with Crippen LogP contribution >= 0.6 is 0 Å². The van der Waals surface area contributed by atoms with Crippen LogP contribution in [0.1, 0.15) is 104 Å². The summed E-state index contributed by atoms with van der Waals surface area (Å²) in [4.78, 5) is 33.7. The van der Waals surface area contributed by atoms with Crippen molar-refractivity contribution in [3.63, 3.8) is 0 Å². The van der Waals surface area contributed by atoms with Gasteiger partial charge in [0.15, 0.2) is 0 Å². The predicted octanol–water partition coefficient (Wildman–Crippen LogP) is 8.29. The zero-order valence-electron chi connectivity index (χ0n) is 24.6. The van der Waals surface area contributed by atoms with Crippen molar-refractivity contribution in [3.05, 3.63) is 152 Å². The van der Waals surface area contributed by atoms with Gasteiger partial charge < -0.3 is 9.97 Å². The molecule has 0 spiro atoms. The molecule has 0 amide bonds. The maximum Gasteiger partial charge on any atom is 0.209 e. The van der Waals surface area contributed by atoms with Crippen LogP contribution in [-0.4, -0.2) is 21.5 Å². The Morgan fingerprint density at radius 2 is 1.00 bits per heavy atom. The number of nitrogens with one attached hydrogen (secondary N) is 2. The summed E-state index contributed by atoms with van der Waals surface area (Å²) in [6.07, 6.45) is 2.75. The fourth-order valence-electron chi connectivity index (χ4n) is 5.64. The molecule has 0 radical (unpaired) electrons. The Morgan fingerprint density at radius 1 is 0.585 bits per heavy atom. The first-order valence-corrected chi connectivity index (χ1v) is 14.6. The Labute approximate surface area is 242 Å². The number of aryl methyl sites for hydroxylation is 5. The third-order valence-electron chi connectivity index (χ3n) is 8.03. The third kappa shape index (κ3) is 5.74. The lowest BCUT2D eigenvalue weighted by Crippen LogP contribution is -2.13. The fraction of sp³-hybridized carbons (Fsp3) is 0.243. The van der Waals surface area contributed by atoms with E-state index in [4.69, 9.17) is 0 Å². The van der Waals surface area contributed by atoms with Crippen LogP contribution in [0.5, 0.6) is 0 Å². The number of hydrogen-bond donors (Lipinski definition) is 2. The normalized spacial score (nSPS) is 11.3. The van der Waals surface area contributed by atoms with Crippen LogP contribution in [0.15, 0.2) is 84.9 Å². The van der Waals surface area contributed by atoms with Gasteiger partial charge >= 0.3 is 0 Å². The molecule has 0 saturated heterocycles. The molecule has 0 aliphatic carbocycles. The van der Waals surface area contributed by atoms with Gasteiger partial charge in [0.05, 0.1) is 17.3 Å². The van der Waals surface area contributed by atoms with Crippen LogP contribution in [-0.2, 0) is 19.3 Å².